The van der Waals surface area contributed by atoms with Crippen LogP contribution in [0.4, 0.5) is 0 Å². The smallest absolute Gasteiger partial charge is 0.342 e. The number of hydrogen-bond acceptors (Lipinski definition) is 5. The second kappa shape index (κ2) is 7.61. The molecule has 0 aliphatic rings. The van der Waals surface area contributed by atoms with Crippen LogP contribution in [0.2, 0.25) is 0 Å². The molecular weight excluding hydrogens is 392 g/mol. The summed E-state index contributed by atoms with van der Waals surface area (Å²) in [5, 5.41) is 4.57. The molecule has 0 amide bonds. The van der Waals surface area contributed by atoms with Crippen molar-refractivity contribution in [3.63, 3.8) is 0 Å². The summed E-state index contributed by atoms with van der Waals surface area (Å²) in [6, 6.07) is 24.1. The van der Waals surface area contributed by atoms with Gasteiger partial charge in [0.05, 0.1) is 7.11 Å². The minimum atomic E-state index is -0.524. The molecule has 0 radical (unpaired) electrons. The van der Waals surface area contributed by atoms with Gasteiger partial charge in [-0.2, -0.15) is 0 Å². The first-order valence-electron chi connectivity index (χ1n) is 9.82. The number of fused-ring (bicyclic) bond motifs is 4. The van der Waals surface area contributed by atoms with Crippen LogP contribution in [0.3, 0.4) is 0 Å². The summed E-state index contributed by atoms with van der Waals surface area (Å²) in [5.41, 5.74) is 0.895. The number of carbonyl (C=O) groups is 1. The molecule has 0 spiro atoms. The van der Waals surface area contributed by atoms with Gasteiger partial charge >= 0.3 is 11.6 Å². The number of benzene rings is 4. The molecular formula is C26H18O5. The first-order valence-corrected chi connectivity index (χ1v) is 9.82. The Kier molecular flexibility index (Phi) is 4.64. The zero-order valence-electron chi connectivity index (χ0n) is 16.8. The Morgan fingerprint density at radius 3 is 2.35 bits per heavy atom. The fourth-order valence-corrected chi connectivity index (χ4v) is 3.90. The quantitative estimate of drug-likeness (QED) is 0.223. The predicted octanol–water partition coefficient (Wildman–Crippen LogP) is 5.47. The van der Waals surface area contributed by atoms with Gasteiger partial charge in [0.1, 0.15) is 23.5 Å². The average Bonchev–Trinajstić information content (AvgIpc) is 2.81. The van der Waals surface area contributed by atoms with Crippen LogP contribution in [0, 0.1) is 0 Å². The largest absolute Gasteiger partial charge is 0.496 e. The van der Waals surface area contributed by atoms with Crippen molar-refractivity contribution < 1.29 is 18.7 Å². The van der Waals surface area contributed by atoms with Crippen molar-refractivity contribution in [1.82, 2.24) is 0 Å². The fraction of sp³-hybridized carbons (Fsp3) is 0.0769. The summed E-state index contributed by atoms with van der Waals surface area (Å²) in [6.45, 7) is -0.0646. The number of hydrogen-bond donors (Lipinski definition) is 0. The van der Waals surface area contributed by atoms with E-state index in [-0.39, 0.29) is 6.61 Å². The Balaban J connectivity index is 1.54. The van der Waals surface area contributed by atoms with E-state index in [1.54, 1.807) is 12.1 Å². The maximum atomic E-state index is 12.9. The lowest BCUT2D eigenvalue weighted by molar-refractivity contribution is 0.0470. The van der Waals surface area contributed by atoms with E-state index < -0.39 is 11.6 Å². The highest BCUT2D eigenvalue weighted by Crippen LogP contribution is 2.29. The Hall–Kier alpha value is -4.12. The maximum Gasteiger partial charge on any atom is 0.342 e. The Morgan fingerprint density at radius 1 is 0.871 bits per heavy atom. The van der Waals surface area contributed by atoms with Crippen LogP contribution in [-0.2, 0) is 11.3 Å². The first-order chi connectivity index (χ1) is 15.1. The highest BCUT2D eigenvalue weighted by molar-refractivity contribution is 6.07. The molecule has 0 aliphatic carbocycles. The van der Waals surface area contributed by atoms with Gasteiger partial charge < -0.3 is 13.9 Å². The van der Waals surface area contributed by atoms with Gasteiger partial charge in [-0.3, -0.25) is 0 Å². The van der Waals surface area contributed by atoms with E-state index in [2.05, 4.69) is 0 Å². The van der Waals surface area contributed by atoms with E-state index in [1.807, 2.05) is 60.7 Å². The van der Waals surface area contributed by atoms with Crippen LogP contribution in [-0.4, -0.2) is 13.1 Å². The van der Waals surface area contributed by atoms with E-state index in [1.165, 1.54) is 13.2 Å². The lowest BCUT2D eigenvalue weighted by atomic mass is 10.0. The van der Waals surface area contributed by atoms with E-state index in [4.69, 9.17) is 13.9 Å². The Bertz CT molecular complexity index is 1510. The molecule has 0 N–H and O–H groups in total. The van der Waals surface area contributed by atoms with Crippen LogP contribution < -0.4 is 10.4 Å². The van der Waals surface area contributed by atoms with Crippen molar-refractivity contribution in [2.45, 2.75) is 6.61 Å². The van der Waals surface area contributed by atoms with Gasteiger partial charge in [-0.15, -0.1) is 0 Å². The van der Waals surface area contributed by atoms with Gasteiger partial charge in [0.2, 0.25) is 0 Å². The summed E-state index contributed by atoms with van der Waals surface area (Å²) in [6.07, 6.45) is 0. The van der Waals surface area contributed by atoms with Crippen LogP contribution in [0.15, 0.2) is 88.1 Å². The normalized spacial score (nSPS) is 11.1. The second-order valence-electron chi connectivity index (χ2n) is 7.23. The molecule has 0 saturated carbocycles. The third-order valence-electron chi connectivity index (χ3n) is 5.36. The highest BCUT2D eigenvalue weighted by Gasteiger charge is 2.17. The van der Waals surface area contributed by atoms with Crippen molar-refractivity contribution in [2.75, 3.05) is 7.11 Å². The van der Waals surface area contributed by atoms with Crippen molar-refractivity contribution in [1.29, 1.82) is 0 Å². The minimum absolute atomic E-state index is 0.0646. The van der Waals surface area contributed by atoms with Gasteiger partial charge in [-0.05, 0) is 39.7 Å². The number of carbonyl (C=O) groups excluding carboxylic acids is 1. The number of esters is 1. The first kappa shape index (κ1) is 18.9. The molecule has 5 nitrogen and oxygen atoms in total. The molecule has 0 saturated heterocycles. The van der Waals surface area contributed by atoms with Crippen LogP contribution >= 0.6 is 0 Å². The molecule has 0 fully saturated rings. The molecule has 5 heteroatoms. The molecule has 4 aromatic carbocycles. The zero-order valence-corrected chi connectivity index (χ0v) is 16.8. The highest BCUT2D eigenvalue weighted by atomic mass is 16.5. The SMILES string of the molecule is COc1cc2ccccc2cc1C(=O)OCc1cc(=O)oc2ccc3ccccc3c12. The zero-order chi connectivity index (χ0) is 21.4. The lowest BCUT2D eigenvalue weighted by Gasteiger charge is -2.12. The predicted molar refractivity (Wildman–Crippen MR) is 120 cm³/mol. The summed E-state index contributed by atoms with van der Waals surface area (Å²) in [4.78, 5) is 25.0. The van der Waals surface area contributed by atoms with Gasteiger partial charge in [0.15, 0.2) is 0 Å². The number of ether oxygens (including phenoxy) is 2. The molecule has 152 valence electrons. The van der Waals surface area contributed by atoms with Crippen molar-refractivity contribution in [2.24, 2.45) is 0 Å². The Morgan fingerprint density at radius 2 is 1.58 bits per heavy atom. The molecule has 5 aromatic rings. The summed E-state index contributed by atoms with van der Waals surface area (Å²) in [5.74, 6) is -0.0872. The second-order valence-corrected chi connectivity index (χ2v) is 7.23. The van der Waals surface area contributed by atoms with Gasteiger partial charge in [-0.1, -0.05) is 54.6 Å². The average molecular weight is 410 g/mol. The minimum Gasteiger partial charge on any atom is -0.496 e. The third-order valence-corrected chi connectivity index (χ3v) is 5.36. The monoisotopic (exact) mass is 410 g/mol. The van der Waals surface area contributed by atoms with E-state index >= 15 is 0 Å². The topological polar surface area (TPSA) is 65.7 Å². The van der Waals surface area contributed by atoms with Crippen LogP contribution in [0.25, 0.3) is 32.5 Å². The molecule has 0 aliphatic heterocycles. The molecule has 1 heterocycles. The van der Waals surface area contributed by atoms with Crippen molar-refractivity contribution in [3.8, 4) is 5.75 Å². The summed E-state index contributed by atoms with van der Waals surface area (Å²) < 4.78 is 16.4. The van der Waals surface area contributed by atoms with E-state index in [9.17, 15) is 9.59 Å². The summed E-state index contributed by atoms with van der Waals surface area (Å²) in [7, 11) is 1.52. The molecule has 0 atom stereocenters. The lowest BCUT2D eigenvalue weighted by Crippen LogP contribution is -2.09. The molecule has 31 heavy (non-hydrogen) atoms. The standard InChI is InChI=1S/C26H18O5/c1-29-23-13-18-8-3-2-7-17(18)12-21(23)26(28)30-15-19-14-24(27)31-22-11-10-16-6-4-5-9-20(16)25(19)22/h2-14H,15H2,1H3. The molecule has 1 aromatic heterocycles. The fourth-order valence-electron chi connectivity index (χ4n) is 3.90. The molecule has 0 unspecified atom stereocenters. The van der Waals surface area contributed by atoms with E-state index in [0.717, 1.165) is 26.9 Å². The van der Waals surface area contributed by atoms with Crippen molar-refractivity contribution >= 4 is 38.5 Å². The number of methoxy groups -OCH3 is 1. The molecule has 5 rings (SSSR count). The van der Waals surface area contributed by atoms with Crippen molar-refractivity contribution in [3.05, 3.63) is 100 Å². The van der Waals surface area contributed by atoms with Gasteiger partial charge in [0.25, 0.3) is 0 Å². The van der Waals surface area contributed by atoms with Crippen LogP contribution in [0.5, 0.6) is 5.75 Å². The third kappa shape index (κ3) is 3.40. The molecule has 0 bridgehead atoms. The van der Waals surface area contributed by atoms with Gasteiger partial charge in [-0.25, -0.2) is 9.59 Å². The Labute approximate surface area is 177 Å². The van der Waals surface area contributed by atoms with Gasteiger partial charge in [0, 0.05) is 17.0 Å². The number of rotatable bonds is 4. The summed E-state index contributed by atoms with van der Waals surface area (Å²) >= 11 is 0. The van der Waals surface area contributed by atoms with E-state index in [0.29, 0.717) is 22.5 Å². The maximum absolute atomic E-state index is 12.9. The van der Waals surface area contributed by atoms with Crippen LogP contribution in [0.1, 0.15) is 15.9 Å².